The average Bonchev–Trinajstić information content (AvgIpc) is 2.48. The van der Waals surface area contributed by atoms with Gasteiger partial charge in [-0.15, -0.1) is 0 Å². The summed E-state index contributed by atoms with van der Waals surface area (Å²) in [7, 11) is 9.71. The molecule has 0 amide bonds. The fraction of sp³-hybridized carbons (Fsp3) is 0.400. The third-order valence-corrected chi connectivity index (χ3v) is 3.20. The molecule has 2 rings (SSSR count). The Kier molecular flexibility index (Phi) is 12.8. The molecule has 0 saturated heterocycles. The van der Waals surface area contributed by atoms with Crippen molar-refractivity contribution in [2.24, 2.45) is 0 Å². The molecular weight excluding hydrogens is 412 g/mol. The van der Waals surface area contributed by atoms with Crippen molar-refractivity contribution in [3.63, 3.8) is 0 Å². The molecule has 0 radical (unpaired) electrons. The van der Waals surface area contributed by atoms with E-state index in [2.05, 4.69) is 77.9 Å². The topological polar surface area (TPSA) is 0 Å². The molecule has 0 nitrogen and oxygen atoms in total. The fourth-order valence-electron chi connectivity index (χ4n) is 1.88. The van der Waals surface area contributed by atoms with Gasteiger partial charge in [0.15, 0.2) is 0 Å². The van der Waals surface area contributed by atoms with Gasteiger partial charge in [0.1, 0.15) is 0 Å². The molecule has 0 spiro atoms. The third kappa shape index (κ3) is 10.9. The van der Waals surface area contributed by atoms with Crippen LogP contribution in [0.25, 0.3) is 0 Å². The number of rotatable bonds is 2. The molecule has 3 heteroatoms. The second-order valence-electron chi connectivity index (χ2n) is 6.00. The molecule has 0 atom stereocenters. The van der Waals surface area contributed by atoms with Crippen LogP contribution in [0.1, 0.15) is 61.8 Å². The van der Waals surface area contributed by atoms with Crippen LogP contribution in [0.2, 0.25) is 0 Å². The molecule has 128 valence electrons. The summed E-state index contributed by atoms with van der Waals surface area (Å²) in [6.07, 6.45) is 0. The molecule has 23 heavy (non-hydrogen) atoms. The molecule has 0 aromatic heterocycles. The zero-order chi connectivity index (χ0) is 17.8. The second-order valence-corrected chi connectivity index (χ2v) is 8.64. The van der Waals surface area contributed by atoms with Crippen molar-refractivity contribution in [2.45, 2.75) is 53.4 Å². The standard InChI is InChI=1S/2C10H13.2ClH.Ru/c2*1-8(2)10-6-4-5-9(3)7-10;;;/h2*4-5,7-8H,1-3H3;2*1H;/q2*-1;;;+4/p-2. The molecule has 2 aromatic carbocycles. The minimum atomic E-state index is -0.346. The van der Waals surface area contributed by atoms with Crippen molar-refractivity contribution < 1.29 is 15.1 Å². The molecule has 0 N–H and O–H groups in total. The van der Waals surface area contributed by atoms with Crippen LogP contribution in [0, 0.1) is 26.0 Å². The SMILES string of the molecule is Cc1cc[c-]c(C(C)C)c1.Cc1cc[c-]c(C(C)C)c1.[Cl][Ru+2][Cl]. The second kappa shape index (κ2) is 13.0. The summed E-state index contributed by atoms with van der Waals surface area (Å²) in [6.45, 7) is 13.0. The molecule has 0 fully saturated rings. The van der Waals surface area contributed by atoms with Crippen molar-refractivity contribution in [1.82, 2.24) is 0 Å². The zero-order valence-corrected chi connectivity index (χ0v) is 18.0. The van der Waals surface area contributed by atoms with Crippen LogP contribution in [0.15, 0.2) is 36.4 Å². The van der Waals surface area contributed by atoms with Crippen molar-refractivity contribution in [3.05, 3.63) is 70.8 Å². The van der Waals surface area contributed by atoms with Gasteiger partial charge in [-0.05, 0) is 11.8 Å². The molecule has 2 aromatic rings. The van der Waals surface area contributed by atoms with Crippen molar-refractivity contribution in [1.29, 1.82) is 0 Å². The monoisotopic (exact) mass is 438 g/mol. The summed E-state index contributed by atoms with van der Waals surface area (Å²) >= 11 is -0.346. The molecule has 0 bridgehead atoms. The zero-order valence-electron chi connectivity index (χ0n) is 14.7. The number of aryl methyl sites for hydroxylation is 2. The molecule has 0 aliphatic carbocycles. The summed E-state index contributed by atoms with van der Waals surface area (Å²) < 4.78 is 0. The van der Waals surface area contributed by atoms with Gasteiger partial charge in [-0.3, -0.25) is 0 Å². The van der Waals surface area contributed by atoms with Gasteiger partial charge in [-0.25, -0.2) is 0 Å². The summed E-state index contributed by atoms with van der Waals surface area (Å²) in [5.74, 6) is 1.19. The number of hydrogen-bond acceptors (Lipinski definition) is 0. The molecule has 0 unspecified atom stereocenters. The Morgan fingerprint density at radius 1 is 0.783 bits per heavy atom. The quantitative estimate of drug-likeness (QED) is 0.343. The van der Waals surface area contributed by atoms with Crippen LogP contribution < -0.4 is 0 Å². The number of benzene rings is 2. The Hall–Kier alpha value is -0.357. The van der Waals surface area contributed by atoms with Crippen molar-refractivity contribution >= 4 is 19.4 Å². The van der Waals surface area contributed by atoms with Gasteiger partial charge in [0.05, 0.1) is 0 Å². The van der Waals surface area contributed by atoms with Gasteiger partial charge in [0, 0.05) is 0 Å². The first-order valence-corrected chi connectivity index (χ1v) is 12.1. The Bertz CT molecular complexity index is 501. The molecular formula is C20H26Cl2Ru. The average molecular weight is 438 g/mol. The van der Waals surface area contributed by atoms with E-state index in [1.54, 1.807) is 0 Å². The van der Waals surface area contributed by atoms with E-state index >= 15 is 0 Å². The summed E-state index contributed by atoms with van der Waals surface area (Å²) in [5.41, 5.74) is 5.25. The van der Waals surface area contributed by atoms with E-state index in [-0.39, 0.29) is 15.1 Å². The predicted octanol–water partition coefficient (Wildman–Crippen LogP) is 7.21. The van der Waals surface area contributed by atoms with Crippen LogP contribution >= 0.6 is 19.4 Å². The maximum atomic E-state index is 4.85. The van der Waals surface area contributed by atoms with Crippen LogP contribution in [0.3, 0.4) is 0 Å². The first-order chi connectivity index (χ1) is 10.8. The normalized spacial score (nSPS) is 9.83. The van der Waals surface area contributed by atoms with E-state index in [1.165, 1.54) is 22.3 Å². The third-order valence-electron chi connectivity index (χ3n) is 3.20. The van der Waals surface area contributed by atoms with Crippen LogP contribution in [0.5, 0.6) is 0 Å². The Labute approximate surface area is 158 Å². The van der Waals surface area contributed by atoms with Crippen LogP contribution in [-0.4, -0.2) is 0 Å². The summed E-state index contributed by atoms with van der Waals surface area (Å²) in [5, 5.41) is 0. The van der Waals surface area contributed by atoms with Crippen molar-refractivity contribution in [3.8, 4) is 0 Å². The first-order valence-electron chi connectivity index (χ1n) is 7.63. The number of halogens is 2. The van der Waals surface area contributed by atoms with Gasteiger partial charge in [0.2, 0.25) is 0 Å². The Morgan fingerprint density at radius 2 is 1.09 bits per heavy atom. The number of hydrogen-bond donors (Lipinski definition) is 0. The Balaban J connectivity index is 0.000000360. The summed E-state index contributed by atoms with van der Waals surface area (Å²) in [4.78, 5) is 0. The van der Waals surface area contributed by atoms with Gasteiger partial charge < -0.3 is 0 Å². The van der Waals surface area contributed by atoms with Crippen LogP contribution in [0.4, 0.5) is 0 Å². The molecule has 0 saturated carbocycles. The van der Waals surface area contributed by atoms with Gasteiger partial charge in [-0.2, -0.15) is 70.8 Å². The molecule has 0 aliphatic rings. The summed E-state index contributed by atoms with van der Waals surface area (Å²) in [6, 6.07) is 18.9. The van der Waals surface area contributed by atoms with E-state index in [0.717, 1.165) is 0 Å². The van der Waals surface area contributed by atoms with E-state index in [0.29, 0.717) is 11.8 Å². The Morgan fingerprint density at radius 3 is 1.26 bits per heavy atom. The molecule has 0 aliphatic heterocycles. The molecule has 0 heterocycles. The maximum absolute atomic E-state index is 4.85. The van der Waals surface area contributed by atoms with E-state index in [1.807, 2.05) is 12.1 Å². The van der Waals surface area contributed by atoms with Gasteiger partial charge in [-0.1, -0.05) is 41.5 Å². The first kappa shape index (κ1) is 22.6. The van der Waals surface area contributed by atoms with Gasteiger partial charge >= 0.3 is 34.5 Å². The van der Waals surface area contributed by atoms with Gasteiger partial charge in [0.25, 0.3) is 0 Å². The fourth-order valence-corrected chi connectivity index (χ4v) is 1.88. The van der Waals surface area contributed by atoms with E-state index in [4.69, 9.17) is 19.4 Å². The predicted molar refractivity (Wildman–Crippen MR) is 99.9 cm³/mol. The van der Waals surface area contributed by atoms with E-state index < -0.39 is 0 Å². The van der Waals surface area contributed by atoms with Crippen LogP contribution in [-0.2, 0) is 15.1 Å². The van der Waals surface area contributed by atoms with E-state index in [9.17, 15) is 0 Å². The van der Waals surface area contributed by atoms with Crippen molar-refractivity contribution in [2.75, 3.05) is 0 Å². The minimum absolute atomic E-state index is 0.346.